The number of aromatic nitrogens is 3. The molecule has 0 aliphatic rings. The first-order chi connectivity index (χ1) is 8.75. The smallest absolute Gasteiger partial charge is 0.180 e. The highest BCUT2D eigenvalue weighted by Gasteiger charge is 2.18. The van der Waals surface area contributed by atoms with E-state index < -0.39 is 0 Å². The third-order valence-electron chi connectivity index (χ3n) is 2.61. The van der Waals surface area contributed by atoms with Crippen LogP contribution in [0.3, 0.4) is 0 Å². The number of hydrogen-bond donors (Lipinski definition) is 2. The Kier molecular flexibility index (Phi) is 2.53. The number of nitrogens with one attached hydrogen (secondary N) is 1. The van der Waals surface area contributed by atoms with Gasteiger partial charge < -0.3 is 10.3 Å². The first-order valence-corrected chi connectivity index (χ1v) is 5.64. The molecule has 0 bridgehead atoms. The summed E-state index contributed by atoms with van der Waals surface area (Å²) in [5.74, 6) is 0.928. The molecule has 0 amide bonds. The van der Waals surface area contributed by atoms with Crippen molar-refractivity contribution < 1.29 is 4.52 Å². The Bertz CT molecular complexity index is 658. The Morgan fingerprint density at radius 3 is 2.61 bits per heavy atom. The molecule has 0 fully saturated rings. The van der Waals surface area contributed by atoms with Crippen molar-refractivity contribution in [3.63, 3.8) is 0 Å². The lowest BCUT2D eigenvalue weighted by atomic mass is 10.0. The molecule has 90 valence electrons. The lowest BCUT2D eigenvalue weighted by Gasteiger charge is -2.01. The van der Waals surface area contributed by atoms with Gasteiger partial charge in [-0.15, -0.1) is 0 Å². The Morgan fingerprint density at radius 2 is 1.94 bits per heavy atom. The van der Waals surface area contributed by atoms with Gasteiger partial charge >= 0.3 is 0 Å². The fourth-order valence-corrected chi connectivity index (χ4v) is 1.90. The summed E-state index contributed by atoms with van der Waals surface area (Å²) in [6.07, 6.45) is 3.37. The molecule has 0 aliphatic heterocycles. The van der Waals surface area contributed by atoms with Crippen molar-refractivity contribution in [2.75, 3.05) is 5.73 Å². The number of nitrogens with zero attached hydrogens (tertiary/aromatic N) is 2. The Morgan fingerprint density at radius 1 is 1.17 bits per heavy atom. The molecule has 18 heavy (non-hydrogen) atoms. The van der Waals surface area contributed by atoms with Crippen LogP contribution in [0, 0.1) is 0 Å². The minimum absolute atomic E-state index is 0.341. The van der Waals surface area contributed by atoms with Gasteiger partial charge in [0.2, 0.25) is 0 Å². The molecule has 2 aromatic heterocycles. The highest BCUT2D eigenvalue weighted by Crippen LogP contribution is 2.36. The van der Waals surface area contributed by atoms with E-state index in [-0.39, 0.29) is 0 Å². The highest BCUT2D eigenvalue weighted by atomic mass is 35.5. The summed E-state index contributed by atoms with van der Waals surface area (Å²) in [5, 5.41) is 11.1. The lowest BCUT2D eigenvalue weighted by molar-refractivity contribution is 0.436. The summed E-state index contributed by atoms with van der Waals surface area (Å²) in [4.78, 5) is 0. The monoisotopic (exact) mass is 260 g/mol. The van der Waals surface area contributed by atoms with Crippen molar-refractivity contribution in [1.29, 1.82) is 0 Å². The van der Waals surface area contributed by atoms with Gasteiger partial charge in [-0.3, -0.25) is 5.10 Å². The molecule has 6 heteroatoms. The van der Waals surface area contributed by atoms with Crippen LogP contribution >= 0.6 is 11.6 Å². The van der Waals surface area contributed by atoms with E-state index in [4.69, 9.17) is 21.9 Å². The first kappa shape index (κ1) is 10.9. The summed E-state index contributed by atoms with van der Waals surface area (Å²) >= 11 is 5.87. The number of nitrogen functional groups attached to an aromatic ring is 1. The normalized spacial score (nSPS) is 10.7. The summed E-state index contributed by atoms with van der Waals surface area (Å²) in [6, 6.07) is 7.33. The van der Waals surface area contributed by atoms with Crippen LogP contribution in [-0.2, 0) is 0 Å². The molecule has 3 N–H and O–H groups in total. The van der Waals surface area contributed by atoms with E-state index in [1.807, 2.05) is 12.1 Å². The number of halogens is 1. The fourth-order valence-electron chi connectivity index (χ4n) is 1.77. The SMILES string of the molecule is Nc1noc(-c2cn[nH]c2)c1-c1ccc(Cl)cc1. The van der Waals surface area contributed by atoms with Crippen molar-refractivity contribution in [1.82, 2.24) is 15.4 Å². The van der Waals surface area contributed by atoms with Crippen LogP contribution in [0.1, 0.15) is 0 Å². The minimum atomic E-state index is 0.341. The largest absolute Gasteiger partial charge is 0.380 e. The number of nitrogens with two attached hydrogens (primary N) is 1. The molecule has 1 aromatic carbocycles. The molecule has 0 aliphatic carbocycles. The van der Waals surface area contributed by atoms with Gasteiger partial charge in [0.1, 0.15) is 0 Å². The van der Waals surface area contributed by atoms with Crippen LogP contribution in [0.4, 0.5) is 5.82 Å². The maximum Gasteiger partial charge on any atom is 0.180 e. The number of anilines is 1. The van der Waals surface area contributed by atoms with E-state index in [2.05, 4.69) is 15.4 Å². The van der Waals surface area contributed by atoms with Crippen LogP contribution in [0.15, 0.2) is 41.2 Å². The molecule has 0 saturated carbocycles. The zero-order valence-corrected chi connectivity index (χ0v) is 9.98. The van der Waals surface area contributed by atoms with E-state index >= 15 is 0 Å². The predicted molar refractivity (Wildman–Crippen MR) is 68.9 cm³/mol. The Labute approximate surface area is 108 Å². The molecule has 0 saturated heterocycles. The van der Waals surface area contributed by atoms with E-state index in [0.717, 1.165) is 16.7 Å². The van der Waals surface area contributed by atoms with Gasteiger partial charge in [0.05, 0.1) is 17.3 Å². The average Bonchev–Trinajstić information content (AvgIpc) is 2.99. The molecular formula is C12H9ClN4O. The number of benzene rings is 1. The second-order valence-electron chi connectivity index (χ2n) is 3.77. The summed E-state index contributed by atoms with van der Waals surface area (Å²) in [7, 11) is 0. The molecule has 3 aromatic rings. The maximum atomic E-state index is 5.87. The first-order valence-electron chi connectivity index (χ1n) is 5.26. The van der Waals surface area contributed by atoms with E-state index in [0.29, 0.717) is 16.6 Å². The summed E-state index contributed by atoms with van der Waals surface area (Å²) < 4.78 is 5.26. The van der Waals surface area contributed by atoms with Gasteiger partial charge in [-0.1, -0.05) is 28.9 Å². The predicted octanol–water partition coefficient (Wildman–Crippen LogP) is 2.97. The Balaban J connectivity index is 2.17. The van der Waals surface area contributed by atoms with E-state index in [9.17, 15) is 0 Å². The van der Waals surface area contributed by atoms with Crippen LogP contribution in [-0.4, -0.2) is 15.4 Å². The number of hydrogen-bond acceptors (Lipinski definition) is 4. The Hall–Kier alpha value is -2.27. The van der Waals surface area contributed by atoms with Crippen molar-refractivity contribution in [2.45, 2.75) is 0 Å². The number of H-pyrrole nitrogens is 1. The van der Waals surface area contributed by atoms with Gasteiger partial charge in [-0.2, -0.15) is 5.10 Å². The van der Waals surface area contributed by atoms with E-state index in [1.165, 1.54) is 0 Å². The quantitative estimate of drug-likeness (QED) is 0.742. The molecule has 0 spiro atoms. The van der Waals surface area contributed by atoms with Crippen LogP contribution in [0.25, 0.3) is 22.5 Å². The van der Waals surface area contributed by atoms with Crippen molar-refractivity contribution >= 4 is 17.4 Å². The van der Waals surface area contributed by atoms with Gasteiger partial charge in [0.15, 0.2) is 11.6 Å². The molecule has 0 atom stereocenters. The molecule has 0 radical (unpaired) electrons. The van der Waals surface area contributed by atoms with Gasteiger partial charge in [0, 0.05) is 11.2 Å². The molecular weight excluding hydrogens is 252 g/mol. The second-order valence-corrected chi connectivity index (χ2v) is 4.20. The maximum absolute atomic E-state index is 5.87. The van der Waals surface area contributed by atoms with Gasteiger partial charge in [-0.05, 0) is 17.7 Å². The van der Waals surface area contributed by atoms with Crippen molar-refractivity contribution in [2.24, 2.45) is 0 Å². The standard InChI is InChI=1S/C12H9ClN4O/c13-9-3-1-7(2-4-9)10-11(18-17-12(10)14)8-5-15-16-6-8/h1-6H,(H2,14,17)(H,15,16). The number of rotatable bonds is 2. The summed E-state index contributed by atoms with van der Waals surface area (Å²) in [5.41, 5.74) is 8.29. The summed E-state index contributed by atoms with van der Waals surface area (Å²) in [6.45, 7) is 0. The van der Waals surface area contributed by atoms with Gasteiger partial charge in [-0.25, -0.2) is 0 Å². The topological polar surface area (TPSA) is 80.7 Å². The average molecular weight is 261 g/mol. The van der Waals surface area contributed by atoms with Crippen LogP contribution in [0.2, 0.25) is 5.02 Å². The zero-order valence-electron chi connectivity index (χ0n) is 9.22. The third kappa shape index (κ3) is 1.74. The lowest BCUT2D eigenvalue weighted by Crippen LogP contribution is -1.88. The van der Waals surface area contributed by atoms with E-state index in [1.54, 1.807) is 24.5 Å². The molecule has 0 unspecified atom stereocenters. The van der Waals surface area contributed by atoms with Gasteiger partial charge in [0.25, 0.3) is 0 Å². The molecule has 2 heterocycles. The third-order valence-corrected chi connectivity index (χ3v) is 2.86. The highest BCUT2D eigenvalue weighted by molar-refractivity contribution is 6.30. The molecule has 3 rings (SSSR count). The molecule has 5 nitrogen and oxygen atoms in total. The zero-order chi connectivity index (χ0) is 12.5. The second kappa shape index (κ2) is 4.19. The minimum Gasteiger partial charge on any atom is -0.380 e. The fraction of sp³-hybridized carbons (Fsp3) is 0. The van der Waals surface area contributed by atoms with Crippen molar-refractivity contribution in [3.8, 4) is 22.5 Å². The van der Waals surface area contributed by atoms with Crippen LogP contribution in [0.5, 0.6) is 0 Å². The van der Waals surface area contributed by atoms with Crippen LogP contribution < -0.4 is 5.73 Å². The number of aromatic amines is 1. The van der Waals surface area contributed by atoms with Crippen molar-refractivity contribution in [3.05, 3.63) is 41.7 Å².